The average Bonchev–Trinajstić information content (AvgIpc) is 2.99. The Labute approximate surface area is 140 Å². The number of hydrogen-bond acceptors (Lipinski definition) is 5. The van der Waals surface area contributed by atoms with Gasteiger partial charge in [0.2, 0.25) is 0 Å². The molecule has 2 aromatic heterocycles. The number of rotatable bonds is 5. The first-order valence-electron chi connectivity index (χ1n) is 7.33. The first-order valence-corrected chi connectivity index (χ1v) is 8.56. The second-order valence-corrected chi connectivity index (χ2v) is 6.12. The molecule has 0 unspecified atom stereocenters. The lowest BCUT2D eigenvalue weighted by Crippen LogP contribution is -2.16. The van der Waals surface area contributed by atoms with Gasteiger partial charge in [-0.2, -0.15) is 5.10 Å². The fourth-order valence-electron chi connectivity index (χ4n) is 2.49. The van der Waals surface area contributed by atoms with Crippen LogP contribution < -0.4 is 4.90 Å². The van der Waals surface area contributed by atoms with E-state index in [-0.39, 0.29) is 0 Å². The van der Waals surface area contributed by atoms with E-state index < -0.39 is 0 Å². The molecule has 0 N–H and O–H groups in total. The summed E-state index contributed by atoms with van der Waals surface area (Å²) in [5.74, 6) is 1.04. The van der Waals surface area contributed by atoms with E-state index in [1.54, 1.807) is 6.20 Å². The largest absolute Gasteiger partial charge is 0.362 e. The van der Waals surface area contributed by atoms with Crippen LogP contribution in [0.3, 0.4) is 0 Å². The topological polar surface area (TPSA) is 46.8 Å². The first kappa shape index (κ1) is 15.6. The van der Waals surface area contributed by atoms with E-state index in [0.717, 1.165) is 28.8 Å². The van der Waals surface area contributed by atoms with Gasteiger partial charge in [-0.3, -0.25) is 0 Å². The summed E-state index contributed by atoms with van der Waals surface area (Å²) in [6, 6.07) is 12.3. The molecular weight excluding hydrogens is 306 g/mol. The zero-order valence-corrected chi connectivity index (χ0v) is 14.3. The van der Waals surface area contributed by atoms with Crippen LogP contribution in [0.4, 0.5) is 5.82 Å². The third-order valence-corrected chi connectivity index (χ3v) is 4.06. The minimum atomic E-state index is 0.731. The summed E-state index contributed by atoms with van der Waals surface area (Å²) in [7, 11) is 4.05. The lowest BCUT2D eigenvalue weighted by molar-refractivity contribution is 0.680. The monoisotopic (exact) mass is 325 g/mol. The summed E-state index contributed by atoms with van der Waals surface area (Å²) in [6.45, 7) is 0.731. The predicted octanol–water partition coefficient (Wildman–Crippen LogP) is 3.18. The van der Waals surface area contributed by atoms with Crippen molar-refractivity contribution in [1.82, 2.24) is 19.7 Å². The van der Waals surface area contributed by atoms with Gasteiger partial charge in [-0.15, -0.1) is 0 Å². The molecule has 6 heteroatoms. The molecule has 0 fully saturated rings. The molecule has 2 heterocycles. The van der Waals surface area contributed by atoms with Gasteiger partial charge in [0.05, 0.1) is 24.0 Å². The summed E-state index contributed by atoms with van der Waals surface area (Å²) in [5.41, 5.74) is 3.13. The molecule has 0 saturated heterocycles. The van der Waals surface area contributed by atoms with E-state index in [9.17, 15) is 0 Å². The standard InChI is InChI=1S/C17H19N5S/c1-21(2)16-14(15-9-10-18-17(20-15)23-3)11-19-22(16)12-13-7-5-4-6-8-13/h4-11H,12H2,1-3H3. The normalized spacial score (nSPS) is 10.7. The van der Waals surface area contributed by atoms with Crippen LogP contribution in [0, 0.1) is 0 Å². The molecule has 0 aliphatic carbocycles. The van der Waals surface area contributed by atoms with Crippen LogP contribution in [0.5, 0.6) is 0 Å². The quantitative estimate of drug-likeness (QED) is 0.532. The van der Waals surface area contributed by atoms with Crippen molar-refractivity contribution in [3.8, 4) is 11.3 Å². The van der Waals surface area contributed by atoms with Crippen molar-refractivity contribution in [2.24, 2.45) is 0 Å². The number of benzene rings is 1. The zero-order chi connectivity index (χ0) is 16.2. The fraction of sp³-hybridized carbons (Fsp3) is 0.235. The Balaban J connectivity index is 2.01. The van der Waals surface area contributed by atoms with Crippen LogP contribution in [0.1, 0.15) is 5.56 Å². The minimum Gasteiger partial charge on any atom is -0.362 e. The summed E-state index contributed by atoms with van der Waals surface area (Å²) in [4.78, 5) is 10.9. The lowest BCUT2D eigenvalue weighted by Gasteiger charge is -2.17. The molecular formula is C17H19N5S. The van der Waals surface area contributed by atoms with Crippen molar-refractivity contribution in [2.75, 3.05) is 25.3 Å². The molecule has 0 radical (unpaired) electrons. The average molecular weight is 325 g/mol. The SMILES string of the molecule is CSc1nccc(-c2cnn(Cc3ccccc3)c2N(C)C)n1. The van der Waals surface area contributed by atoms with Crippen molar-refractivity contribution in [3.05, 3.63) is 54.4 Å². The summed E-state index contributed by atoms with van der Waals surface area (Å²) < 4.78 is 2.01. The molecule has 1 aromatic carbocycles. The van der Waals surface area contributed by atoms with Gasteiger partial charge in [0, 0.05) is 20.3 Å². The Morgan fingerprint density at radius 1 is 1.13 bits per heavy atom. The van der Waals surface area contributed by atoms with Crippen molar-refractivity contribution in [3.63, 3.8) is 0 Å². The van der Waals surface area contributed by atoms with Crippen molar-refractivity contribution >= 4 is 17.6 Å². The Morgan fingerprint density at radius 2 is 1.91 bits per heavy atom. The number of nitrogens with zero attached hydrogens (tertiary/aromatic N) is 5. The second kappa shape index (κ2) is 6.83. The van der Waals surface area contributed by atoms with Gasteiger partial charge in [-0.05, 0) is 17.9 Å². The highest BCUT2D eigenvalue weighted by molar-refractivity contribution is 7.98. The maximum Gasteiger partial charge on any atom is 0.187 e. The van der Waals surface area contributed by atoms with E-state index in [2.05, 4.69) is 32.1 Å². The van der Waals surface area contributed by atoms with Gasteiger partial charge in [0.25, 0.3) is 0 Å². The smallest absolute Gasteiger partial charge is 0.187 e. The van der Waals surface area contributed by atoms with Crippen molar-refractivity contribution in [1.29, 1.82) is 0 Å². The van der Waals surface area contributed by atoms with Gasteiger partial charge in [0.15, 0.2) is 5.16 Å². The zero-order valence-electron chi connectivity index (χ0n) is 13.5. The highest BCUT2D eigenvalue weighted by atomic mass is 32.2. The van der Waals surface area contributed by atoms with E-state index >= 15 is 0 Å². The number of aromatic nitrogens is 4. The van der Waals surface area contributed by atoms with Gasteiger partial charge < -0.3 is 4.90 Å². The highest BCUT2D eigenvalue weighted by Crippen LogP contribution is 2.29. The van der Waals surface area contributed by atoms with Crippen LogP contribution in [0.2, 0.25) is 0 Å². The summed E-state index contributed by atoms with van der Waals surface area (Å²) >= 11 is 1.54. The summed E-state index contributed by atoms with van der Waals surface area (Å²) in [6.07, 6.45) is 5.65. The molecule has 23 heavy (non-hydrogen) atoms. The van der Waals surface area contributed by atoms with Crippen molar-refractivity contribution in [2.45, 2.75) is 11.7 Å². The number of anilines is 1. The molecule has 0 amide bonds. The molecule has 0 spiro atoms. The van der Waals surface area contributed by atoms with E-state index in [4.69, 9.17) is 0 Å². The number of hydrogen-bond donors (Lipinski definition) is 0. The molecule has 118 valence electrons. The van der Waals surface area contributed by atoms with E-state index in [0.29, 0.717) is 0 Å². The third kappa shape index (κ3) is 3.37. The molecule has 5 nitrogen and oxygen atoms in total. The Bertz CT molecular complexity index is 783. The minimum absolute atomic E-state index is 0.731. The van der Waals surface area contributed by atoms with Crippen LogP contribution in [-0.4, -0.2) is 40.1 Å². The van der Waals surface area contributed by atoms with Crippen LogP contribution >= 0.6 is 11.8 Å². The van der Waals surface area contributed by atoms with Crippen LogP contribution in [-0.2, 0) is 6.54 Å². The molecule has 3 aromatic rings. The second-order valence-electron chi connectivity index (χ2n) is 5.35. The first-order chi connectivity index (χ1) is 11.2. The van der Waals surface area contributed by atoms with Gasteiger partial charge in [-0.25, -0.2) is 14.6 Å². The highest BCUT2D eigenvalue weighted by Gasteiger charge is 2.16. The molecule has 0 aliphatic rings. The van der Waals surface area contributed by atoms with E-state index in [1.165, 1.54) is 17.3 Å². The molecule has 0 saturated carbocycles. The maximum absolute atomic E-state index is 4.60. The van der Waals surface area contributed by atoms with Crippen LogP contribution in [0.25, 0.3) is 11.3 Å². The molecule has 0 atom stereocenters. The Kier molecular flexibility index (Phi) is 4.62. The fourth-order valence-corrected chi connectivity index (χ4v) is 2.85. The predicted molar refractivity (Wildman–Crippen MR) is 94.9 cm³/mol. The molecule has 0 bridgehead atoms. The number of thioether (sulfide) groups is 1. The Morgan fingerprint density at radius 3 is 2.61 bits per heavy atom. The van der Waals surface area contributed by atoms with Crippen LogP contribution in [0.15, 0.2) is 53.9 Å². The Hall–Kier alpha value is -2.34. The van der Waals surface area contributed by atoms with Gasteiger partial charge in [0.1, 0.15) is 5.82 Å². The third-order valence-electron chi connectivity index (χ3n) is 3.50. The van der Waals surface area contributed by atoms with E-state index in [1.807, 2.05) is 55.5 Å². The lowest BCUT2D eigenvalue weighted by atomic mass is 10.2. The molecule has 0 aliphatic heterocycles. The maximum atomic E-state index is 4.60. The van der Waals surface area contributed by atoms with Gasteiger partial charge >= 0.3 is 0 Å². The molecule has 3 rings (SSSR count). The van der Waals surface area contributed by atoms with Gasteiger partial charge in [-0.1, -0.05) is 42.1 Å². The van der Waals surface area contributed by atoms with Crippen molar-refractivity contribution < 1.29 is 0 Å². The summed E-state index contributed by atoms with van der Waals surface area (Å²) in [5, 5.41) is 5.34.